The summed E-state index contributed by atoms with van der Waals surface area (Å²) in [6, 6.07) is 4.88. The van der Waals surface area contributed by atoms with Crippen LogP contribution in [0.25, 0.3) is 0 Å². The fourth-order valence-electron chi connectivity index (χ4n) is 3.52. The van der Waals surface area contributed by atoms with Crippen molar-refractivity contribution in [2.45, 2.75) is 6.42 Å². The van der Waals surface area contributed by atoms with Crippen molar-refractivity contribution in [3.05, 3.63) is 52.1 Å². The first kappa shape index (κ1) is 16.6. The summed E-state index contributed by atoms with van der Waals surface area (Å²) in [6.45, 7) is 0. The zero-order chi connectivity index (χ0) is 18.1. The summed E-state index contributed by atoms with van der Waals surface area (Å²) < 4.78 is 0. The Balaban J connectivity index is 1.62. The highest BCUT2D eigenvalue weighted by atomic mass is 16.6. The second kappa shape index (κ2) is 6.34. The smallest absolute Gasteiger partial charge is 0.307 e. The lowest BCUT2D eigenvalue weighted by Crippen LogP contribution is -2.48. The number of hydrogen-bond acceptors (Lipinski definition) is 5. The van der Waals surface area contributed by atoms with Gasteiger partial charge in [-0.25, -0.2) is 0 Å². The number of fused-ring (bicyclic) bond motifs is 2. The molecule has 3 N–H and O–H groups in total. The molecular weight excluding hydrogens is 330 g/mol. The van der Waals surface area contributed by atoms with Crippen LogP contribution in [0.2, 0.25) is 0 Å². The minimum absolute atomic E-state index is 0.133. The molecule has 2 aliphatic carbocycles. The van der Waals surface area contributed by atoms with Gasteiger partial charge in [0.25, 0.3) is 11.6 Å². The number of benzene rings is 1. The third-order valence-electron chi connectivity index (χ3n) is 4.69. The third kappa shape index (κ3) is 3.08. The van der Waals surface area contributed by atoms with Crippen LogP contribution < -0.4 is 10.9 Å². The molecule has 0 radical (unpaired) electrons. The van der Waals surface area contributed by atoms with Crippen LogP contribution in [0.3, 0.4) is 0 Å². The maximum atomic E-state index is 12.3. The van der Waals surface area contributed by atoms with Gasteiger partial charge in [0.1, 0.15) is 0 Å². The Bertz CT molecular complexity index is 773. The summed E-state index contributed by atoms with van der Waals surface area (Å²) in [5, 5.41) is 19.9. The van der Waals surface area contributed by atoms with Crippen molar-refractivity contribution >= 4 is 23.5 Å². The predicted molar refractivity (Wildman–Crippen MR) is 84.1 cm³/mol. The molecule has 130 valence electrons. The summed E-state index contributed by atoms with van der Waals surface area (Å²) in [7, 11) is 0. The molecule has 1 aromatic rings. The summed E-state index contributed by atoms with van der Waals surface area (Å²) in [5.41, 5.74) is 4.46. The number of carboxylic acids is 1. The van der Waals surface area contributed by atoms with Gasteiger partial charge in [-0.3, -0.25) is 35.3 Å². The van der Waals surface area contributed by atoms with Gasteiger partial charge >= 0.3 is 5.97 Å². The number of amides is 2. The Morgan fingerprint density at radius 1 is 1.04 bits per heavy atom. The van der Waals surface area contributed by atoms with E-state index in [0.717, 1.165) is 0 Å². The van der Waals surface area contributed by atoms with Crippen LogP contribution in [0.4, 0.5) is 5.69 Å². The van der Waals surface area contributed by atoms with Crippen molar-refractivity contribution in [2.24, 2.45) is 23.7 Å². The summed E-state index contributed by atoms with van der Waals surface area (Å²) >= 11 is 0. The second-order valence-corrected chi connectivity index (χ2v) is 6.09. The Morgan fingerprint density at radius 2 is 1.64 bits per heavy atom. The van der Waals surface area contributed by atoms with E-state index >= 15 is 0 Å². The molecule has 4 atom stereocenters. The van der Waals surface area contributed by atoms with E-state index in [0.29, 0.717) is 6.42 Å². The lowest BCUT2D eigenvalue weighted by atomic mass is 9.82. The molecule has 0 aromatic heterocycles. The third-order valence-corrected chi connectivity index (χ3v) is 4.69. The molecule has 1 aromatic carbocycles. The van der Waals surface area contributed by atoms with Crippen LogP contribution in [0, 0.1) is 33.8 Å². The summed E-state index contributed by atoms with van der Waals surface area (Å²) in [5.74, 6) is -4.08. The van der Waals surface area contributed by atoms with Gasteiger partial charge < -0.3 is 5.11 Å². The number of hydrogen-bond donors (Lipinski definition) is 3. The quantitative estimate of drug-likeness (QED) is 0.420. The first-order valence-electron chi connectivity index (χ1n) is 7.64. The number of carbonyl (C=O) groups excluding carboxylic acids is 2. The summed E-state index contributed by atoms with van der Waals surface area (Å²) in [4.78, 5) is 45.7. The van der Waals surface area contributed by atoms with E-state index in [1.807, 2.05) is 12.2 Å². The molecule has 2 aliphatic rings. The largest absolute Gasteiger partial charge is 0.481 e. The van der Waals surface area contributed by atoms with E-state index in [9.17, 15) is 29.6 Å². The number of nitro groups is 1. The molecule has 0 heterocycles. The van der Waals surface area contributed by atoms with Gasteiger partial charge in [-0.1, -0.05) is 12.2 Å². The van der Waals surface area contributed by atoms with Crippen LogP contribution in [0.5, 0.6) is 0 Å². The molecule has 0 spiro atoms. The van der Waals surface area contributed by atoms with Crippen molar-refractivity contribution in [3.63, 3.8) is 0 Å². The molecule has 0 saturated heterocycles. The molecule has 9 heteroatoms. The molecular formula is C16H15N3O6. The Morgan fingerprint density at radius 3 is 2.20 bits per heavy atom. The van der Waals surface area contributed by atoms with E-state index in [4.69, 9.17) is 0 Å². The maximum Gasteiger partial charge on any atom is 0.307 e. The standard InChI is InChI=1S/C16H15N3O6/c20-14(8-3-5-11(6-4-8)19(24)25)17-18-15(21)12-9-1-2-10(7-9)13(12)16(22)23/h1-6,9-10,12-13H,7H2,(H,17,20)(H,18,21)(H,22,23)/t9-,10-,12-,13+/m0/s1. The fraction of sp³-hybridized carbons (Fsp3) is 0.312. The van der Waals surface area contributed by atoms with E-state index in [2.05, 4.69) is 10.9 Å². The van der Waals surface area contributed by atoms with Crippen molar-refractivity contribution in [3.8, 4) is 0 Å². The Labute approximate surface area is 141 Å². The topological polar surface area (TPSA) is 139 Å². The maximum absolute atomic E-state index is 12.3. The number of rotatable bonds is 4. The minimum atomic E-state index is -1.03. The molecule has 3 rings (SSSR count). The normalized spacial score (nSPS) is 26.2. The van der Waals surface area contributed by atoms with Gasteiger partial charge in [-0.2, -0.15) is 0 Å². The van der Waals surface area contributed by atoms with E-state index < -0.39 is 34.5 Å². The lowest BCUT2D eigenvalue weighted by molar-refractivity contribution is -0.384. The van der Waals surface area contributed by atoms with Gasteiger partial charge in [0, 0.05) is 17.7 Å². The van der Waals surface area contributed by atoms with Gasteiger partial charge in [0.2, 0.25) is 5.91 Å². The molecule has 1 saturated carbocycles. The van der Waals surface area contributed by atoms with Gasteiger partial charge in [-0.15, -0.1) is 0 Å². The SMILES string of the molecule is O=C(NNC(=O)[C@@H]1[C@H](C(=O)O)[C@H]2C=C[C@H]1C2)c1ccc([N+](=O)[O-])cc1. The minimum Gasteiger partial charge on any atom is -0.481 e. The number of hydrazine groups is 1. The van der Waals surface area contributed by atoms with Gasteiger partial charge in [-0.05, 0) is 30.4 Å². The molecule has 2 amide bonds. The summed E-state index contributed by atoms with van der Waals surface area (Å²) in [6.07, 6.45) is 4.28. The van der Waals surface area contributed by atoms with Crippen LogP contribution in [0.15, 0.2) is 36.4 Å². The zero-order valence-electron chi connectivity index (χ0n) is 12.9. The lowest BCUT2D eigenvalue weighted by Gasteiger charge is -2.23. The molecule has 9 nitrogen and oxygen atoms in total. The molecule has 0 aliphatic heterocycles. The molecule has 1 fully saturated rings. The number of non-ortho nitro benzene ring substituents is 1. The van der Waals surface area contributed by atoms with Gasteiger partial charge in [0.05, 0.1) is 16.8 Å². The van der Waals surface area contributed by atoms with E-state index in [1.165, 1.54) is 24.3 Å². The van der Waals surface area contributed by atoms with Crippen molar-refractivity contribution in [1.29, 1.82) is 0 Å². The Hall–Kier alpha value is -3.23. The number of nitrogens with zero attached hydrogens (tertiary/aromatic N) is 1. The number of allylic oxidation sites excluding steroid dienone is 2. The monoisotopic (exact) mass is 345 g/mol. The molecule has 2 bridgehead atoms. The van der Waals surface area contributed by atoms with Crippen LogP contribution >= 0.6 is 0 Å². The number of aliphatic carboxylic acids is 1. The number of nitrogens with one attached hydrogen (secondary N) is 2. The first-order chi connectivity index (χ1) is 11.9. The van der Waals surface area contributed by atoms with Crippen molar-refractivity contribution in [2.75, 3.05) is 0 Å². The highest BCUT2D eigenvalue weighted by molar-refractivity contribution is 5.96. The van der Waals surface area contributed by atoms with Crippen molar-refractivity contribution in [1.82, 2.24) is 10.9 Å². The number of nitro benzene ring substituents is 1. The van der Waals surface area contributed by atoms with E-state index in [1.54, 1.807) is 0 Å². The number of carboxylic acid groups (broad SMARTS) is 1. The second-order valence-electron chi connectivity index (χ2n) is 6.09. The molecule has 0 unspecified atom stereocenters. The van der Waals surface area contributed by atoms with Gasteiger partial charge in [0.15, 0.2) is 0 Å². The average Bonchev–Trinajstić information content (AvgIpc) is 3.20. The molecule has 25 heavy (non-hydrogen) atoms. The highest BCUT2D eigenvalue weighted by Gasteiger charge is 2.51. The first-order valence-corrected chi connectivity index (χ1v) is 7.64. The Kier molecular flexibility index (Phi) is 4.22. The van der Waals surface area contributed by atoms with Crippen LogP contribution in [0.1, 0.15) is 16.8 Å². The van der Waals surface area contributed by atoms with Crippen LogP contribution in [-0.4, -0.2) is 27.8 Å². The van der Waals surface area contributed by atoms with Crippen molar-refractivity contribution < 1.29 is 24.4 Å². The fourth-order valence-corrected chi connectivity index (χ4v) is 3.52. The number of carbonyl (C=O) groups is 3. The predicted octanol–water partition coefficient (Wildman–Crippen LogP) is 0.879. The zero-order valence-corrected chi connectivity index (χ0v) is 12.9. The van der Waals surface area contributed by atoms with E-state index in [-0.39, 0.29) is 23.1 Å². The van der Waals surface area contributed by atoms with Crippen LogP contribution in [-0.2, 0) is 9.59 Å². The average molecular weight is 345 g/mol. The highest BCUT2D eigenvalue weighted by Crippen LogP contribution is 2.48.